The molecule has 4 heterocycles. The zero-order chi connectivity index (χ0) is 8.67. The molecule has 0 N–H and O–H groups in total. The lowest BCUT2D eigenvalue weighted by Gasteiger charge is -2.44. The summed E-state index contributed by atoms with van der Waals surface area (Å²) in [5, 5.41) is 2.23. The Morgan fingerprint density at radius 3 is 2.77 bits per heavy atom. The first-order chi connectivity index (χ1) is 6.43. The molecule has 3 aliphatic heterocycles. The van der Waals surface area contributed by atoms with Crippen molar-refractivity contribution in [1.82, 2.24) is 9.88 Å². The first-order valence-electron chi connectivity index (χ1n) is 5.04. The molecule has 0 amide bonds. The molecule has 1 aromatic heterocycles. The van der Waals surface area contributed by atoms with Gasteiger partial charge in [0.15, 0.2) is 0 Å². The van der Waals surface area contributed by atoms with Gasteiger partial charge in [0.05, 0.1) is 11.2 Å². The van der Waals surface area contributed by atoms with E-state index in [2.05, 4.69) is 15.3 Å². The van der Waals surface area contributed by atoms with Crippen molar-refractivity contribution in [2.24, 2.45) is 5.92 Å². The van der Waals surface area contributed by atoms with Gasteiger partial charge >= 0.3 is 0 Å². The lowest BCUT2D eigenvalue weighted by atomic mass is 9.78. The molecule has 70 valence electrons. The van der Waals surface area contributed by atoms with Crippen LogP contribution < -0.4 is 0 Å². The van der Waals surface area contributed by atoms with Crippen LogP contribution in [0, 0.1) is 5.92 Å². The fraction of sp³-hybridized carbons (Fsp3) is 0.700. The Kier molecular flexibility index (Phi) is 1.87. The molecule has 4 rings (SSSR count). The van der Waals surface area contributed by atoms with Crippen molar-refractivity contribution in [2.45, 2.75) is 18.8 Å². The number of piperidine rings is 3. The second kappa shape index (κ2) is 3.07. The summed E-state index contributed by atoms with van der Waals surface area (Å²) in [7, 11) is 0. The quantitative estimate of drug-likeness (QED) is 0.679. The molecule has 3 heteroatoms. The van der Waals surface area contributed by atoms with Gasteiger partial charge in [-0.15, -0.1) is 11.3 Å². The van der Waals surface area contributed by atoms with Crippen molar-refractivity contribution in [2.75, 3.05) is 19.6 Å². The molecule has 3 saturated heterocycles. The summed E-state index contributed by atoms with van der Waals surface area (Å²) in [6.45, 7) is 3.91. The van der Waals surface area contributed by atoms with Gasteiger partial charge in [0, 0.05) is 17.8 Å². The highest BCUT2D eigenvalue weighted by Crippen LogP contribution is 2.38. The zero-order valence-electron chi connectivity index (χ0n) is 7.65. The Labute approximate surface area is 82.6 Å². The second-order valence-electron chi connectivity index (χ2n) is 4.16. The summed E-state index contributed by atoms with van der Waals surface area (Å²) in [4.78, 5) is 7.04. The summed E-state index contributed by atoms with van der Waals surface area (Å²) in [5.74, 6) is 1.67. The van der Waals surface area contributed by atoms with Crippen molar-refractivity contribution in [3.8, 4) is 0 Å². The van der Waals surface area contributed by atoms with E-state index in [0.717, 1.165) is 11.8 Å². The Morgan fingerprint density at radius 1 is 1.38 bits per heavy atom. The highest BCUT2D eigenvalue weighted by atomic mass is 32.1. The molecule has 13 heavy (non-hydrogen) atoms. The van der Waals surface area contributed by atoms with Gasteiger partial charge in [-0.3, -0.25) is 0 Å². The van der Waals surface area contributed by atoms with Crippen LogP contribution in [0.3, 0.4) is 0 Å². The Morgan fingerprint density at radius 2 is 2.23 bits per heavy atom. The molecule has 1 aromatic rings. The second-order valence-corrected chi connectivity index (χ2v) is 4.88. The number of hydrogen-bond acceptors (Lipinski definition) is 3. The summed E-state index contributed by atoms with van der Waals surface area (Å²) in [6.07, 6.45) is 2.78. The molecule has 1 unspecified atom stereocenters. The maximum absolute atomic E-state index is 4.45. The summed E-state index contributed by atoms with van der Waals surface area (Å²) in [5.41, 5.74) is 3.31. The van der Waals surface area contributed by atoms with Crippen molar-refractivity contribution >= 4 is 11.3 Å². The van der Waals surface area contributed by atoms with E-state index in [1.165, 1.54) is 38.2 Å². The molecule has 2 nitrogen and oxygen atoms in total. The van der Waals surface area contributed by atoms with E-state index in [4.69, 9.17) is 0 Å². The predicted molar refractivity (Wildman–Crippen MR) is 54.0 cm³/mol. The SMILES string of the molecule is c1nc(C2CN3CCC2CC3)cs1. The molecule has 0 saturated carbocycles. The third-order valence-corrected chi connectivity index (χ3v) is 4.09. The molecule has 0 radical (unpaired) electrons. The summed E-state index contributed by atoms with van der Waals surface area (Å²) >= 11 is 1.73. The van der Waals surface area contributed by atoms with E-state index in [9.17, 15) is 0 Å². The van der Waals surface area contributed by atoms with Crippen LogP contribution in [-0.2, 0) is 0 Å². The van der Waals surface area contributed by atoms with Crippen LogP contribution in [0.4, 0.5) is 0 Å². The van der Waals surface area contributed by atoms with E-state index in [-0.39, 0.29) is 0 Å². The van der Waals surface area contributed by atoms with Gasteiger partial charge in [-0.2, -0.15) is 0 Å². The highest BCUT2D eigenvalue weighted by molar-refractivity contribution is 7.07. The van der Waals surface area contributed by atoms with E-state index < -0.39 is 0 Å². The maximum atomic E-state index is 4.45. The minimum absolute atomic E-state index is 0.744. The number of rotatable bonds is 1. The number of aromatic nitrogens is 1. The summed E-state index contributed by atoms with van der Waals surface area (Å²) in [6, 6.07) is 0. The van der Waals surface area contributed by atoms with Gasteiger partial charge in [-0.25, -0.2) is 4.98 Å². The number of fused-ring (bicyclic) bond motifs is 3. The average Bonchev–Trinajstić information content (AvgIpc) is 2.72. The van der Waals surface area contributed by atoms with Crippen LogP contribution in [0.1, 0.15) is 24.5 Å². The van der Waals surface area contributed by atoms with E-state index in [1.54, 1.807) is 11.3 Å². The molecular formula is C10H14N2S. The van der Waals surface area contributed by atoms with Crippen molar-refractivity contribution < 1.29 is 0 Å². The topological polar surface area (TPSA) is 16.1 Å². The molecule has 3 fully saturated rings. The standard InChI is InChI=1S/C10H14N2S/c1-3-12-4-2-8(1)9(5-12)10-6-13-7-11-10/h6-9H,1-5H2. The molecule has 1 atom stereocenters. The molecule has 3 aliphatic rings. The predicted octanol–water partition coefficient (Wildman–Crippen LogP) is 1.95. The molecule has 0 aliphatic carbocycles. The number of hydrogen-bond donors (Lipinski definition) is 0. The first kappa shape index (κ1) is 7.94. The fourth-order valence-corrected chi connectivity index (χ4v) is 3.32. The molecule has 0 aromatic carbocycles. The van der Waals surface area contributed by atoms with Gasteiger partial charge in [-0.05, 0) is 31.8 Å². The van der Waals surface area contributed by atoms with Gasteiger partial charge in [-0.1, -0.05) is 0 Å². The van der Waals surface area contributed by atoms with Crippen LogP contribution in [0.25, 0.3) is 0 Å². The van der Waals surface area contributed by atoms with Crippen LogP contribution in [0.15, 0.2) is 10.9 Å². The largest absolute Gasteiger partial charge is 0.303 e. The van der Waals surface area contributed by atoms with Gasteiger partial charge in [0.1, 0.15) is 0 Å². The summed E-state index contributed by atoms with van der Waals surface area (Å²) < 4.78 is 0. The highest BCUT2D eigenvalue weighted by Gasteiger charge is 2.35. The van der Waals surface area contributed by atoms with Crippen LogP contribution in [-0.4, -0.2) is 29.5 Å². The maximum Gasteiger partial charge on any atom is 0.0794 e. The lowest BCUT2D eigenvalue weighted by molar-refractivity contribution is 0.0857. The average molecular weight is 194 g/mol. The van der Waals surface area contributed by atoms with E-state index in [1.807, 2.05) is 5.51 Å². The van der Waals surface area contributed by atoms with Crippen LogP contribution in [0.2, 0.25) is 0 Å². The Balaban J connectivity index is 1.85. The van der Waals surface area contributed by atoms with Crippen molar-refractivity contribution in [3.63, 3.8) is 0 Å². The first-order valence-corrected chi connectivity index (χ1v) is 5.98. The molecule has 0 spiro atoms. The fourth-order valence-electron chi connectivity index (χ4n) is 2.71. The molecular weight excluding hydrogens is 180 g/mol. The molecule has 2 bridgehead atoms. The van der Waals surface area contributed by atoms with Crippen LogP contribution >= 0.6 is 11.3 Å². The third kappa shape index (κ3) is 1.30. The number of nitrogens with zero attached hydrogens (tertiary/aromatic N) is 2. The minimum atomic E-state index is 0.744. The van der Waals surface area contributed by atoms with Crippen molar-refractivity contribution in [1.29, 1.82) is 0 Å². The van der Waals surface area contributed by atoms with Gasteiger partial charge < -0.3 is 4.90 Å². The van der Waals surface area contributed by atoms with Gasteiger partial charge in [0.2, 0.25) is 0 Å². The van der Waals surface area contributed by atoms with E-state index in [0.29, 0.717) is 0 Å². The van der Waals surface area contributed by atoms with Crippen LogP contribution in [0.5, 0.6) is 0 Å². The smallest absolute Gasteiger partial charge is 0.0794 e. The van der Waals surface area contributed by atoms with Crippen molar-refractivity contribution in [3.05, 3.63) is 16.6 Å². The van der Waals surface area contributed by atoms with Gasteiger partial charge in [0.25, 0.3) is 0 Å². The third-order valence-electron chi connectivity index (χ3n) is 3.49. The zero-order valence-corrected chi connectivity index (χ0v) is 8.46. The Hall–Kier alpha value is -0.410. The monoisotopic (exact) mass is 194 g/mol. The normalized spacial score (nSPS) is 38.0. The van der Waals surface area contributed by atoms with E-state index >= 15 is 0 Å². The number of thiazole rings is 1. The minimum Gasteiger partial charge on any atom is -0.303 e. The lowest BCUT2D eigenvalue weighted by Crippen LogP contribution is -2.46. The Bertz CT molecular complexity index is 275.